The van der Waals surface area contributed by atoms with Crippen LogP contribution in [-0.4, -0.2) is 37.2 Å². The molecule has 142 valence electrons. The summed E-state index contributed by atoms with van der Waals surface area (Å²) in [5.74, 6) is 1.03. The van der Waals surface area contributed by atoms with Gasteiger partial charge in [-0.3, -0.25) is 4.98 Å². The van der Waals surface area contributed by atoms with Gasteiger partial charge < -0.3 is 9.30 Å². The van der Waals surface area contributed by atoms with E-state index >= 15 is 0 Å². The van der Waals surface area contributed by atoms with Crippen LogP contribution in [0, 0.1) is 6.92 Å². The number of hydrogen-bond donors (Lipinski definition) is 0. The predicted octanol–water partition coefficient (Wildman–Crippen LogP) is 4.01. The first-order valence-corrected chi connectivity index (χ1v) is 9.81. The Labute approximate surface area is 163 Å². The fourth-order valence-electron chi connectivity index (χ4n) is 4.25. The average Bonchev–Trinajstić information content (AvgIpc) is 3.07. The second kappa shape index (κ2) is 6.95. The van der Waals surface area contributed by atoms with Crippen molar-refractivity contribution in [2.45, 2.75) is 45.3 Å². The molecule has 6 nitrogen and oxygen atoms in total. The van der Waals surface area contributed by atoms with Gasteiger partial charge in [-0.05, 0) is 44.9 Å². The maximum atomic E-state index is 5.82. The van der Waals surface area contributed by atoms with Gasteiger partial charge >= 0.3 is 0 Å². The van der Waals surface area contributed by atoms with Gasteiger partial charge in [-0.2, -0.15) is 0 Å². The number of benzene rings is 1. The van der Waals surface area contributed by atoms with Gasteiger partial charge in [-0.25, -0.2) is 15.0 Å². The largest absolute Gasteiger partial charge is 0.378 e. The van der Waals surface area contributed by atoms with Crippen LogP contribution in [0.15, 0.2) is 43.0 Å². The standard InChI is InChI=1S/C22H23N5O/c1-14-3-4-19-18(9-14)22-20(12-24-19)26-21(11-16-5-7-23-13-25-16)27(22)17-6-8-28-15(2)10-17/h3-5,7,9,12-13,15,17H,6,8,10-11H2,1-2H3/t15-,17-/m1/s1. The molecule has 0 spiro atoms. The number of fused-ring (bicyclic) bond motifs is 3. The molecule has 2 atom stereocenters. The lowest BCUT2D eigenvalue weighted by molar-refractivity contribution is 0.00631. The number of rotatable bonds is 3. The number of aryl methyl sites for hydroxylation is 1. The highest BCUT2D eigenvalue weighted by atomic mass is 16.5. The minimum atomic E-state index is 0.248. The van der Waals surface area contributed by atoms with Crippen LogP contribution in [0.3, 0.4) is 0 Å². The van der Waals surface area contributed by atoms with Crippen LogP contribution in [0.1, 0.15) is 42.9 Å². The van der Waals surface area contributed by atoms with Gasteiger partial charge in [0.25, 0.3) is 0 Å². The zero-order chi connectivity index (χ0) is 19.1. The van der Waals surface area contributed by atoms with Crippen LogP contribution in [0.25, 0.3) is 21.9 Å². The van der Waals surface area contributed by atoms with Gasteiger partial charge in [0.05, 0.1) is 29.0 Å². The Morgan fingerprint density at radius 1 is 1.18 bits per heavy atom. The Kier molecular flexibility index (Phi) is 4.28. The molecule has 0 amide bonds. The van der Waals surface area contributed by atoms with Crippen LogP contribution < -0.4 is 0 Å². The van der Waals surface area contributed by atoms with Crippen LogP contribution in [0.5, 0.6) is 0 Å². The lowest BCUT2D eigenvalue weighted by atomic mass is 10.0. The maximum Gasteiger partial charge on any atom is 0.116 e. The summed E-state index contributed by atoms with van der Waals surface area (Å²) in [7, 11) is 0. The first kappa shape index (κ1) is 17.3. The Hall–Kier alpha value is -2.86. The number of aromatic nitrogens is 5. The number of ether oxygens (including phenoxy) is 1. The Balaban J connectivity index is 1.75. The highest BCUT2D eigenvalue weighted by Gasteiger charge is 2.26. The van der Waals surface area contributed by atoms with Crippen molar-refractivity contribution in [3.05, 3.63) is 60.1 Å². The monoisotopic (exact) mass is 373 g/mol. The van der Waals surface area contributed by atoms with Crippen molar-refractivity contribution in [3.8, 4) is 0 Å². The molecular weight excluding hydrogens is 350 g/mol. The second-order valence-corrected chi connectivity index (χ2v) is 7.65. The van der Waals surface area contributed by atoms with Gasteiger partial charge in [0.2, 0.25) is 0 Å². The van der Waals surface area contributed by atoms with Crippen molar-refractivity contribution in [2.24, 2.45) is 0 Å². The maximum absolute atomic E-state index is 5.82. The first-order chi connectivity index (χ1) is 13.7. The van der Waals surface area contributed by atoms with Crippen LogP contribution in [-0.2, 0) is 11.2 Å². The van der Waals surface area contributed by atoms with E-state index < -0.39 is 0 Å². The zero-order valence-corrected chi connectivity index (χ0v) is 16.2. The third-order valence-electron chi connectivity index (χ3n) is 5.55. The molecular formula is C22H23N5O. The SMILES string of the molecule is Cc1ccc2ncc3nc(Cc4ccncn4)n([C@@H]4CCO[C@H](C)C4)c3c2c1. The molecule has 28 heavy (non-hydrogen) atoms. The lowest BCUT2D eigenvalue weighted by Gasteiger charge is -2.30. The summed E-state index contributed by atoms with van der Waals surface area (Å²) in [5.41, 5.74) is 5.33. The van der Waals surface area contributed by atoms with Gasteiger partial charge in [0.15, 0.2) is 0 Å². The molecule has 1 fully saturated rings. The van der Waals surface area contributed by atoms with Crippen molar-refractivity contribution >= 4 is 21.9 Å². The summed E-state index contributed by atoms with van der Waals surface area (Å²) in [5, 5.41) is 1.16. The highest BCUT2D eigenvalue weighted by molar-refractivity contribution is 6.02. The summed E-state index contributed by atoms with van der Waals surface area (Å²) < 4.78 is 8.25. The smallest absolute Gasteiger partial charge is 0.116 e. The molecule has 4 aromatic rings. The van der Waals surface area contributed by atoms with Crippen LogP contribution >= 0.6 is 0 Å². The molecule has 1 aliphatic rings. The van der Waals surface area contributed by atoms with Crippen molar-refractivity contribution in [1.82, 2.24) is 24.5 Å². The molecule has 0 bridgehead atoms. The first-order valence-electron chi connectivity index (χ1n) is 9.81. The Morgan fingerprint density at radius 2 is 2.11 bits per heavy atom. The van der Waals surface area contributed by atoms with Gasteiger partial charge in [-0.1, -0.05) is 11.6 Å². The minimum Gasteiger partial charge on any atom is -0.378 e. The summed E-state index contributed by atoms with van der Waals surface area (Å²) in [6, 6.07) is 8.74. The van der Waals surface area contributed by atoms with E-state index in [0.717, 1.165) is 47.4 Å². The van der Waals surface area contributed by atoms with Crippen molar-refractivity contribution in [3.63, 3.8) is 0 Å². The van der Waals surface area contributed by atoms with E-state index in [-0.39, 0.29) is 6.10 Å². The van der Waals surface area contributed by atoms with Gasteiger partial charge in [0.1, 0.15) is 17.7 Å². The number of pyridine rings is 1. The molecule has 3 aromatic heterocycles. The van der Waals surface area contributed by atoms with Gasteiger partial charge in [-0.15, -0.1) is 0 Å². The molecule has 0 unspecified atom stereocenters. The summed E-state index contributed by atoms with van der Waals surface area (Å²) in [6.07, 6.45) is 8.18. The van der Waals surface area contributed by atoms with E-state index in [4.69, 9.17) is 9.72 Å². The van der Waals surface area contributed by atoms with E-state index in [1.165, 1.54) is 11.1 Å². The third-order valence-corrected chi connectivity index (χ3v) is 5.55. The molecule has 5 rings (SSSR count). The second-order valence-electron chi connectivity index (χ2n) is 7.65. The topological polar surface area (TPSA) is 65.7 Å². The molecule has 1 saturated heterocycles. The number of imidazole rings is 1. The number of hydrogen-bond acceptors (Lipinski definition) is 5. The highest BCUT2D eigenvalue weighted by Crippen LogP contribution is 2.34. The van der Waals surface area contributed by atoms with Crippen molar-refractivity contribution < 1.29 is 4.74 Å². The average molecular weight is 373 g/mol. The lowest BCUT2D eigenvalue weighted by Crippen LogP contribution is -2.26. The van der Waals surface area contributed by atoms with Crippen LogP contribution in [0.4, 0.5) is 0 Å². The van der Waals surface area contributed by atoms with E-state index in [1.807, 2.05) is 12.3 Å². The molecule has 1 aromatic carbocycles. The van der Waals surface area contributed by atoms with E-state index in [0.29, 0.717) is 12.5 Å². The summed E-state index contributed by atoms with van der Waals surface area (Å²) in [6.45, 7) is 5.05. The molecule has 0 N–H and O–H groups in total. The zero-order valence-electron chi connectivity index (χ0n) is 16.2. The minimum absolute atomic E-state index is 0.248. The van der Waals surface area contributed by atoms with Crippen molar-refractivity contribution in [2.75, 3.05) is 6.61 Å². The molecule has 1 aliphatic heterocycles. The summed E-state index contributed by atoms with van der Waals surface area (Å²) >= 11 is 0. The van der Waals surface area contributed by atoms with E-state index in [9.17, 15) is 0 Å². The fraction of sp³-hybridized carbons (Fsp3) is 0.364. The normalized spacial score (nSPS) is 20.1. The van der Waals surface area contributed by atoms with E-state index in [2.05, 4.69) is 51.6 Å². The van der Waals surface area contributed by atoms with Crippen molar-refractivity contribution in [1.29, 1.82) is 0 Å². The van der Waals surface area contributed by atoms with E-state index in [1.54, 1.807) is 12.5 Å². The van der Waals surface area contributed by atoms with Crippen LogP contribution in [0.2, 0.25) is 0 Å². The molecule has 6 heteroatoms. The Bertz CT molecular complexity index is 1140. The quantitative estimate of drug-likeness (QED) is 0.543. The molecule has 0 radical (unpaired) electrons. The number of nitrogens with zero attached hydrogens (tertiary/aromatic N) is 5. The molecule has 0 aliphatic carbocycles. The Morgan fingerprint density at radius 3 is 2.93 bits per heavy atom. The predicted molar refractivity (Wildman–Crippen MR) is 108 cm³/mol. The molecule has 4 heterocycles. The molecule has 0 saturated carbocycles. The van der Waals surface area contributed by atoms with Gasteiger partial charge in [0, 0.05) is 30.7 Å². The third kappa shape index (κ3) is 3.03. The fourth-order valence-corrected chi connectivity index (χ4v) is 4.25. The summed E-state index contributed by atoms with van der Waals surface area (Å²) in [4.78, 5) is 18.1.